The molecule has 0 aliphatic rings. The van der Waals surface area contributed by atoms with Crippen LogP contribution in [0.1, 0.15) is 155 Å². The van der Waals surface area contributed by atoms with Gasteiger partial charge in [-0.2, -0.15) is 0 Å². The van der Waals surface area contributed by atoms with Crippen LogP contribution in [-0.2, 0) is 18.4 Å². The average molecular weight is 699 g/mol. The van der Waals surface area contributed by atoms with E-state index in [0.717, 1.165) is 38.5 Å². The first-order chi connectivity index (χ1) is 23.0. The number of hydrogen-bond acceptors (Lipinski definition) is 6. The van der Waals surface area contributed by atoms with Crippen molar-refractivity contribution in [3.8, 4) is 0 Å². The maximum atomic E-state index is 12.8. The Bertz CT molecular complexity index is 886. The van der Waals surface area contributed by atoms with Gasteiger partial charge in [-0.05, 0) is 57.8 Å². The number of aliphatic hydroxyl groups is 1. The van der Waals surface area contributed by atoms with Gasteiger partial charge in [-0.3, -0.25) is 9.36 Å². The summed E-state index contributed by atoms with van der Waals surface area (Å²) in [5.74, 6) is -0.217. The van der Waals surface area contributed by atoms with Gasteiger partial charge in [-0.25, -0.2) is 0 Å². The fourth-order valence-corrected chi connectivity index (χ4v) is 5.88. The number of carbonyl (C=O) groups excluding carboxylic acids is 1. The quantitative estimate of drug-likeness (QED) is 0.0300. The molecule has 48 heavy (non-hydrogen) atoms. The van der Waals surface area contributed by atoms with Gasteiger partial charge in [0, 0.05) is 6.42 Å². The van der Waals surface area contributed by atoms with Gasteiger partial charge in [-0.15, -0.1) is 0 Å². The molecule has 0 aliphatic carbocycles. The maximum absolute atomic E-state index is 12.8. The van der Waals surface area contributed by atoms with Gasteiger partial charge in [0.15, 0.2) is 0 Å². The third-order valence-electron chi connectivity index (χ3n) is 8.32. The van der Waals surface area contributed by atoms with Crippen molar-refractivity contribution in [3.63, 3.8) is 0 Å². The number of quaternary nitrogens is 1. The highest BCUT2D eigenvalue weighted by Crippen LogP contribution is 2.38. The lowest BCUT2D eigenvalue weighted by Crippen LogP contribution is -2.45. The lowest BCUT2D eigenvalue weighted by atomic mass is 10.1. The van der Waals surface area contributed by atoms with Crippen LogP contribution >= 0.6 is 7.82 Å². The first-order valence-electron chi connectivity index (χ1n) is 19.4. The van der Waals surface area contributed by atoms with Crippen molar-refractivity contribution in [2.24, 2.45) is 0 Å². The van der Waals surface area contributed by atoms with E-state index in [0.29, 0.717) is 17.4 Å². The number of allylic oxidation sites excluding steroid dienone is 5. The summed E-state index contributed by atoms with van der Waals surface area (Å²) in [5, 5.41) is 13.6. The molecular weight excluding hydrogens is 623 g/mol. The van der Waals surface area contributed by atoms with Crippen molar-refractivity contribution in [1.29, 1.82) is 0 Å². The van der Waals surface area contributed by atoms with Crippen LogP contribution < -0.4 is 10.2 Å². The van der Waals surface area contributed by atoms with E-state index in [2.05, 4.69) is 43.5 Å². The summed E-state index contributed by atoms with van der Waals surface area (Å²) in [6.45, 7) is 4.54. The molecule has 0 aromatic heterocycles. The number of phosphoric acid groups is 1. The zero-order valence-electron chi connectivity index (χ0n) is 31.7. The molecule has 0 heterocycles. The average Bonchev–Trinajstić information content (AvgIpc) is 3.02. The van der Waals surface area contributed by atoms with E-state index in [-0.39, 0.29) is 12.5 Å². The molecule has 3 atom stereocenters. The number of carbonyl (C=O) groups is 1. The van der Waals surface area contributed by atoms with E-state index >= 15 is 0 Å². The van der Waals surface area contributed by atoms with Crippen LogP contribution in [0.25, 0.3) is 0 Å². The molecule has 0 aromatic carbocycles. The summed E-state index contributed by atoms with van der Waals surface area (Å²) in [5.41, 5.74) is 0. The minimum Gasteiger partial charge on any atom is -0.756 e. The molecule has 8 nitrogen and oxygen atoms in total. The smallest absolute Gasteiger partial charge is 0.268 e. The molecule has 9 heteroatoms. The molecule has 0 fully saturated rings. The fraction of sp³-hybridized carbons (Fsp3) is 0.821. The summed E-state index contributed by atoms with van der Waals surface area (Å²) in [6.07, 6.45) is 36.2. The highest BCUT2D eigenvalue weighted by molar-refractivity contribution is 7.45. The van der Waals surface area contributed by atoms with Crippen molar-refractivity contribution < 1.29 is 32.9 Å². The van der Waals surface area contributed by atoms with Gasteiger partial charge in [0.1, 0.15) is 13.2 Å². The molecule has 2 N–H and O–H groups in total. The molecule has 0 saturated carbocycles. The van der Waals surface area contributed by atoms with Crippen molar-refractivity contribution in [3.05, 3.63) is 36.5 Å². The molecule has 0 aliphatic heterocycles. The number of hydrogen-bond donors (Lipinski definition) is 2. The van der Waals surface area contributed by atoms with Crippen molar-refractivity contribution in [2.45, 2.75) is 167 Å². The summed E-state index contributed by atoms with van der Waals surface area (Å²) in [7, 11) is 1.23. The molecule has 282 valence electrons. The standard InChI is InChI=1S/C39H75N2O6P/c1-6-8-10-12-14-16-17-18-19-20-21-22-23-25-27-29-31-33-39(43)40-37(36-47-48(44,45)46-35-34-41(3,4)5)38(42)32-30-28-26-24-15-13-11-9-7-2/h15,18-19,24,30,32,37-38,42H,6-14,16-17,20-23,25-29,31,33-36H2,1-5H3,(H-,40,43,44,45)/b19-18+,24-15+,32-30+/t37-,38+/m0/s1. The van der Waals surface area contributed by atoms with E-state index in [4.69, 9.17) is 9.05 Å². The Labute approximate surface area is 296 Å². The van der Waals surface area contributed by atoms with Gasteiger partial charge < -0.3 is 28.8 Å². The Balaban J connectivity index is 4.46. The van der Waals surface area contributed by atoms with Crippen molar-refractivity contribution >= 4 is 13.7 Å². The summed E-state index contributed by atoms with van der Waals surface area (Å²) in [6, 6.07) is -0.901. The summed E-state index contributed by atoms with van der Waals surface area (Å²) in [4.78, 5) is 25.1. The van der Waals surface area contributed by atoms with Crippen LogP contribution in [0, 0.1) is 0 Å². The topological polar surface area (TPSA) is 108 Å². The molecule has 0 spiro atoms. The van der Waals surface area contributed by atoms with E-state index < -0.39 is 26.6 Å². The Morgan fingerprint density at radius 1 is 0.708 bits per heavy atom. The minimum absolute atomic E-state index is 0.00786. The van der Waals surface area contributed by atoms with Crippen molar-refractivity contribution in [1.82, 2.24) is 5.32 Å². The number of likely N-dealkylation sites (N-methyl/N-ethyl adjacent to an activating group) is 1. The molecular formula is C39H75N2O6P. The first-order valence-corrected chi connectivity index (χ1v) is 20.8. The van der Waals surface area contributed by atoms with Gasteiger partial charge in [0.25, 0.3) is 7.82 Å². The number of rotatable bonds is 34. The van der Waals surface area contributed by atoms with Gasteiger partial charge >= 0.3 is 0 Å². The number of amides is 1. The number of aliphatic hydroxyl groups excluding tert-OH is 1. The van der Waals surface area contributed by atoms with Crippen LogP contribution in [-0.4, -0.2) is 68.5 Å². The van der Waals surface area contributed by atoms with Crippen molar-refractivity contribution in [2.75, 3.05) is 40.9 Å². The second-order valence-corrected chi connectivity index (χ2v) is 15.7. The van der Waals surface area contributed by atoms with Crippen LogP contribution in [0.2, 0.25) is 0 Å². The lowest BCUT2D eigenvalue weighted by Gasteiger charge is -2.29. The van der Waals surface area contributed by atoms with E-state index in [1.165, 1.54) is 96.3 Å². The fourth-order valence-electron chi connectivity index (χ4n) is 5.16. The minimum atomic E-state index is -4.58. The highest BCUT2D eigenvalue weighted by atomic mass is 31.2. The number of nitrogens with zero attached hydrogens (tertiary/aromatic N) is 1. The summed E-state index contributed by atoms with van der Waals surface area (Å²) < 4.78 is 23.0. The monoisotopic (exact) mass is 699 g/mol. The molecule has 0 rings (SSSR count). The van der Waals surface area contributed by atoms with E-state index in [1.54, 1.807) is 6.08 Å². The largest absolute Gasteiger partial charge is 0.756 e. The highest BCUT2D eigenvalue weighted by Gasteiger charge is 2.23. The Kier molecular flexibility index (Phi) is 30.8. The summed E-state index contributed by atoms with van der Waals surface area (Å²) >= 11 is 0. The van der Waals surface area contributed by atoms with E-state index in [9.17, 15) is 19.4 Å². The number of unbranched alkanes of at least 4 members (excludes halogenated alkanes) is 17. The van der Waals surface area contributed by atoms with Crippen LogP contribution in [0.4, 0.5) is 0 Å². The first kappa shape index (κ1) is 46.7. The Morgan fingerprint density at radius 3 is 1.73 bits per heavy atom. The van der Waals surface area contributed by atoms with E-state index in [1.807, 2.05) is 27.2 Å². The Morgan fingerprint density at radius 2 is 1.17 bits per heavy atom. The van der Waals surface area contributed by atoms with Gasteiger partial charge in [0.05, 0.1) is 39.9 Å². The van der Waals surface area contributed by atoms with Gasteiger partial charge in [0.2, 0.25) is 5.91 Å². The SMILES string of the molecule is CCCCC/C=C/CC/C=C/[C@@H](O)[C@H](COP(=O)([O-])OCC[N+](C)(C)C)NC(=O)CCCCCCCCC/C=C/CCCCCCCC. The molecule has 1 amide bonds. The van der Waals surface area contributed by atoms with Crippen LogP contribution in [0.5, 0.6) is 0 Å². The van der Waals surface area contributed by atoms with Crippen LogP contribution in [0.15, 0.2) is 36.5 Å². The molecule has 0 bridgehead atoms. The number of nitrogens with one attached hydrogen (secondary N) is 1. The molecule has 0 aromatic rings. The zero-order valence-corrected chi connectivity index (χ0v) is 32.6. The maximum Gasteiger partial charge on any atom is 0.268 e. The molecule has 1 unspecified atom stereocenters. The number of phosphoric ester groups is 1. The predicted molar refractivity (Wildman–Crippen MR) is 201 cm³/mol. The lowest BCUT2D eigenvalue weighted by molar-refractivity contribution is -0.870. The second-order valence-electron chi connectivity index (χ2n) is 14.3. The molecule has 0 saturated heterocycles. The van der Waals surface area contributed by atoms with Crippen LogP contribution in [0.3, 0.4) is 0 Å². The third kappa shape index (κ3) is 33.2. The second kappa shape index (κ2) is 31.7. The predicted octanol–water partition coefficient (Wildman–Crippen LogP) is 9.33. The third-order valence-corrected chi connectivity index (χ3v) is 9.29. The Hall–Kier alpha value is -1.28. The molecule has 0 radical (unpaired) electrons. The zero-order chi connectivity index (χ0) is 35.8. The normalized spacial score (nSPS) is 15.1. The van der Waals surface area contributed by atoms with Gasteiger partial charge in [-0.1, -0.05) is 127 Å².